The predicted molar refractivity (Wildman–Crippen MR) is 105 cm³/mol. The molecule has 1 amide bonds. The Morgan fingerprint density at radius 3 is 2.30 bits per heavy atom. The summed E-state index contributed by atoms with van der Waals surface area (Å²) in [5.41, 5.74) is 5.67. The third-order valence-electron chi connectivity index (χ3n) is 5.19. The van der Waals surface area contributed by atoms with Crippen molar-refractivity contribution in [3.63, 3.8) is 0 Å². The Hall–Kier alpha value is -2.69. The largest absolute Gasteiger partial charge is 0.493 e. The maximum atomic E-state index is 12.7. The lowest BCUT2D eigenvalue weighted by atomic mass is 9.99. The average Bonchev–Trinajstić information content (AvgIpc) is 2.67. The highest BCUT2D eigenvalue weighted by Crippen LogP contribution is 2.33. The van der Waals surface area contributed by atoms with Gasteiger partial charge < -0.3 is 19.1 Å². The first-order valence-corrected chi connectivity index (χ1v) is 9.15. The summed E-state index contributed by atoms with van der Waals surface area (Å²) in [5.74, 6) is 2.19. The summed E-state index contributed by atoms with van der Waals surface area (Å²) < 4.78 is 16.6. The van der Waals surface area contributed by atoms with Crippen LogP contribution in [0, 0.1) is 20.8 Å². The SMILES string of the molecule is COc1cc2c(cc1OC)CN(C(=O)COc1cc(C)cc(C)c1C)CC2. The van der Waals surface area contributed by atoms with Crippen LogP contribution in [0.15, 0.2) is 24.3 Å². The molecular weight excluding hydrogens is 342 g/mol. The van der Waals surface area contributed by atoms with Crippen LogP contribution in [0.25, 0.3) is 0 Å². The number of nitrogens with zero attached hydrogens (tertiary/aromatic N) is 1. The molecule has 0 aromatic heterocycles. The van der Waals surface area contributed by atoms with Gasteiger partial charge in [-0.2, -0.15) is 0 Å². The number of benzene rings is 2. The molecule has 1 aliphatic heterocycles. The van der Waals surface area contributed by atoms with Gasteiger partial charge in [-0.3, -0.25) is 4.79 Å². The van der Waals surface area contributed by atoms with E-state index in [1.165, 1.54) is 11.1 Å². The fraction of sp³-hybridized carbons (Fsp3) is 0.409. The predicted octanol–water partition coefficient (Wildman–Crippen LogP) is 3.59. The molecule has 2 aromatic rings. The maximum Gasteiger partial charge on any atom is 0.260 e. The highest BCUT2D eigenvalue weighted by atomic mass is 16.5. The van der Waals surface area contributed by atoms with Gasteiger partial charge in [0.05, 0.1) is 14.2 Å². The quantitative estimate of drug-likeness (QED) is 0.808. The van der Waals surface area contributed by atoms with Gasteiger partial charge in [0.25, 0.3) is 5.91 Å². The summed E-state index contributed by atoms with van der Waals surface area (Å²) in [7, 11) is 3.26. The molecule has 3 rings (SSSR count). The van der Waals surface area contributed by atoms with Gasteiger partial charge in [-0.05, 0) is 73.2 Å². The molecule has 5 heteroatoms. The average molecular weight is 369 g/mol. The van der Waals surface area contributed by atoms with E-state index in [-0.39, 0.29) is 12.5 Å². The molecule has 0 N–H and O–H groups in total. The second-order valence-electron chi connectivity index (χ2n) is 7.03. The van der Waals surface area contributed by atoms with E-state index in [2.05, 4.69) is 13.0 Å². The van der Waals surface area contributed by atoms with Crippen molar-refractivity contribution in [2.75, 3.05) is 27.4 Å². The van der Waals surface area contributed by atoms with Crippen molar-refractivity contribution in [1.82, 2.24) is 4.90 Å². The molecular formula is C22H27NO4. The zero-order valence-electron chi connectivity index (χ0n) is 16.7. The van der Waals surface area contributed by atoms with Gasteiger partial charge in [0.15, 0.2) is 18.1 Å². The second kappa shape index (κ2) is 7.91. The van der Waals surface area contributed by atoms with Gasteiger partial charge in [0.2, 0.25) is 0 Å². The number of amides is 1. The van der Waals surface area contributed by atoms with Crippen molar-refractivity contribution in [2.24, 2.45) is 0 Å². The van der Waals surface area contributed by atoms with E-state index in [0.717, 1.165) is 34.6 Å². The van der Waals surface area contributed by atoms with Crippen LogP contribution in [0.3, 0.4) is 0 Å². The molecule has 2 aromatic carbocycles. The molecule has 0 saturated carbocycles. The molecule has 0 radical (unpaired) electrons. The summed E-state index contributed by atoms with van der Waals surface area (Å²) in [6.45, 7) is 7.39. The standard InChI is InChI=1S/C22H27NO4/c1-14-8-15(2)16(3)19(9-14)27-13-22(24)23-7-6-17-10-20(25-4)21(26-5)11-18(17)12-23/h8-11H,6-7,12-13H2,1-5H3. The first kappa shape index (κ1) is 19.1. The summed E-state index contributed by atoms with van der Waals surface area (Å²) >= 11 is 0. The molecule has 27 heavy (non-hydrogen) atoms. The molecule has 0 unspecified atom stereocenters. The molecule has 5 nitrogen and oxygen atoms in total. The van der Waals surface area contributed by atoms with Crippen molar-refractivity contribution < 1.29 is 19.0 Å². The Morgan fingerprint density at radius 2 is 1.63 bits per heavy atom. The Bertz CT molecular complexity index is 860. The minimum absolute atomic E-state index is 0.00556. The molecule has 0 saturated heterocycles. The van der Waals surface area contributed by atoms with Gasteiger partial charge >= 0.3 is 0 Å². The minimum Gasteiger partial charge on any atom is -0.493 e. The number of hydrogen-bond acceptors (Lipinski definition) is 4. The Balaban J connectivity index is 1.69. The van der Waals surface area contributed by atoms with E-state index in [1.54, 1.807) is 14.2 Å². The van der Waals surface area contributed by atoms with Crippen LogP contribution in [-0.4, -0.2) is 38.2 Å². The van der Waals surface area contributed by atoms with E-state index in [9.17, 15) is 4.79 Å². The van der Waals surface area contributed by atoms with Crippen LogP contribution < -0.4 is 14.2 Å². The van der Waals surface area contributed by atoms with E-state index in [0.29, 0.717) is 18.8 Å². The Kier molecular flexibility index (Phi) is 5.59. The van der Waals surface area contributed by atoms with E-state index < -0.39 is 0 Å². The highest BCUT2D eigenvalue weighted by Gasteiger charge is 2.23. The number of methoxy groups -OCH3 is 2. The van der Waals surface area contributed by atoms with Crippen molar-refractivity contribution >= 4 is 5.91 Å². The Morgan fingerprint density at radius 1 is 0.963 bits per heavy atom. The monoisotopic (exact) mass is 369 g/mol. The van der Waals surface area contributed by atoms with Crippen LogP contribution in [0.1, 0.15) is 27.8 Å². The molecule has 0 bridgehead atoms. The van der Waals surface area contributed by atoms with Gasteiger partial charge in [0, 0.05) is 13.1 Å². The van der Waals surface area contributed by atoms with E-state index in [4.69, 9.17) is 14.2 Å². The van der Waals surface area contributed by atoms with Crippen LogP contribution >= 0.6 is 0 Å². The third kappa shape index (κ3) is 4.02. The number of carbonyl (C=O) groups is 1. The third-order valence-corrected chi connectivity index (χ3v) is 5.19. The summed E-state index contributed by atoms with van der Waals surface area (Å²) in [5, 5.41) is 0. The first-order valence-electron chi connectivity index (χ1n) is 9.15. The Labute approximate surface area is 160 Å². The van der Waals surface area contributed by atoms with Crippen molar-refractivity contribution in [3.8, 4) is 17.2 Å². The second-order valence-corrected chi connectivity index (χ2v) is 7.03. The molecule has 1 aliphatic rings. The number of carbonyl (C=O) groups excluding carboxylic acids is 1. The molecule has 0 spiro atoms. The fourth-order valence-electron chi connectivity index (χ4n) is 3.48. The lowest BCUT2D eigenvalue weighted by molar-refractivity contribution is -0.134. The van der Waals surface area contributed by atoms with Crippen molar-refractivity contribution in [3.05, 3.63) is 52.1 Å². The van der Waals surface area contributed by atoms with Gasteiger partial charge in [-0.15, -0.1) is 0 Å². The molecule has 1 heterocycles. The van der Waals surface area contributed by atoms with Gasteiger partial charge in [-0.25, -0.2) is 0 Å². The molecule has 0 atom stereocenters. The smallest absolute Gasteiger partial charge is 0.260 e. The van der Waals surface area contributed by atoms with Crippen LogP contribution in [-0.2, 0) is 17.8 Å². The fourth-order valence-corrected chi connectivity index (χ4v) is 3.48. The van der Waals surface area contributed by atoms with Crippen LogP contribution in [0.4, 0.5) is 0 Å². The normalized spacial score (nSPS) is 13.1. The topological polar surface area (TPSA) is 48.0 Å². The zero-order valence-corrected chi connectivity index (χ0v) is 16.7. The lowest BCUT2D eigenvalue weighted by Crippen LogP contribution is -2.38. The number of rotatable bonds is 5. The number of ether oxygens (including phenoxy) is 3. The number of aryl methyl sites for hydroxylation is 2. The number of hydrogen-bond donors (Lipinski definition) is 0. The van der Waals surface area contributed by atoms with Gasteiger partial charge in [0.1, 0.15) is 5.75 Å². The lowest BCUT2D eigenvalue weighted by Gasteiger charge is -2.29. The molecule has 0 fully saturated rings. The molecule has 144 valence electrons. The maximum absolute atomic E-state index is 12.7. The van der Waals surface area contributed by atoms with E-state index >= 15 is 0 Å². The summed E-state index contributed by atoms with van der Waals surface area (Å²) in [4.78, 5) is 14.5. The first-order chi connectivity index (χ1) is 12.9. The zero-order chi connectivity index (χ0) is 19.6. The summed E-state index contributed by atoms with van der Waals surface area (Å²) in [6, 6.07) is 8.07. The van der Waals surface area contributed by atoms with Crippen LogP contribution in [0.5, 0.6) is 17.2 Å². The van der Waals surface area contributed by atoms with E-state index in [1.807, 2.05) is 36.9 Å². The molecule has 0 aliphatic carbocycles. The van der Waals surface area contributed by atoms with Crippen LogP contribution in [0.2, 0.25) is 0 Å². The summed E-state index contributed by atoms with van der Waals surface area (Å²) in [6.07, 6.45) is 0.796. The number of fused-ring (bicyclic) bond motifs is 1. The van der Waals surface area contributed by atoms with Gasteiger partial charge in [-0.1, -0.05) is 6.07 Å². The van der Waals surface area contributed by atoms with Crippen molar-refractivity contribution in [2.45, 2.75) is 33.7 Å². The van der Waals surface area contributed by atoms with Crippen molar-refractivity contribution in [1.29, 1.82) is 0 Å². The minimum atomic E-state index is -0.00556. The highest BCUT2D eigenvalue weighted by molar-refractivity contribution is 5.78.